The molecule has 1 aliphatic heterocycles. The van der Waals surface area contributed by atoms with Crippen molar-refractivity contribution >= 4 is 5.91 Å². The second-order valence-corrected chi connectivity index (χ2v) is 22.9. The van der Waals surface area contributed by atoms with Crippen LogP contribution in [0.3, 0.4) is 0 Å². The monoisotopic (exact) mass is 1070 g/mol. The van der Waals surface area contributed by atoms with E-state index in [-0.39, 0.29) is 12.5 Å². The number of ether oxygens (including phenoxy) is 2. The van der Waals surface area contributed by atoms with Crippen molar-refractivity contribution in [2.24, 2.45) is 0 Å². The highest BCUT2D eigenvalue weighted by molar-refractivity contribution is 5.76. The largest absolute Gasteiger partial charge is 0.394 e. The molecule has 0 radical (unpaired) electrons. The van der Waals surface area contributed by atoms with E-state index in [1.54, 1.807) is 6.08 Å². The van der Waals surface area contributed by atoms with Crippen LogP contribution in [0, 0.1) is 0 Å². The smallest absolute Gasteiger partial charge is 0.220 e. The molecule has 446 valence electrons. The molecule has 0 spiro atoms. The number of aliphatic hydroxyl groups excluding tert-OH is 5. The Morgan fingerprint density at radius 2 is 0.789 bits per heavy atom. The van der Waals surface area contributed by atoms with Gasteiger partial charge in [-0.2, -0.15) is 0 Å². The van der Waals surface area contributed by atoms with Gasteiger partial charge in [0.25, 0.3) is 0 Å². The van der Waals surface area contributed by atoms with Crippen LogP contribution in [0.4, 0.5) is 0 Å². The Bertz CT molecular complexity index is 1340. The molecule has 0 aromatic heterocycles. The first-order valence-electron chi connectivity index (χ1n) is 32.9. The number of rotatable bonds is 57. The van der Waals surface area contributed by atoms with Crippen molar-refractivity contribution in [3.05, 3.63) is 48.6 Å². The normalized spacial score (nSPS) is 19.1. The highest BCUT2D eigenvalue weighted by Crippen LogP contribution is 2.23. The van der Waals surface area contributed by atoms with Gasteiger partial charge >= 0.3 is 0 Å². The summed E-state index contributed by atoms with van der Waals surface area (Å²) in [5.74, 6) is -0.183. The van der Waals surface area contributed by atoms with Gasteiger partial charge in [0.1, 0.15) is 24.4 Å². The van der Waals surface area contributed by atoms with E-state index in [1.807, 2.05) is 6.08 Å². The Balaban J connectivity index is 2.09. The number of carbonyl (C=O) groups is 1. The first-order valence-corrected chi connectivity index (χ1v) is 32.9. The summed E-state index contributed by atoms with van der Waals surface area (Å²) in [5, 5.41) is 54.5. The first kappa shape index (κ1) is 72.2. The fraction of sp³-hybridized carbons (Fsp3) is 0.866. The fourth-order valence-electron chi connectivity index (χ4n) is 10.4. The van der Waals surface area contributed by atoms with Gasteiger partial charge in [-0.25, -0.2) is 0 Å². The van der Waals surface area contributed by atoms with E-state index in [2.05, 4.69) is 55.6 Å². The van der Waals surface area contributed by atoms with Crippen LogP contribution in [-0.4, -0.2) is 87.5 Å². The molecular weight excluding hydrogens is 947 g/mol. The van der Waals surface area contributed by atoms with Crippen molar-refractivity contribution in [2.75, 3.05) is 13.2 Å². The molecule has 1 heterocycles. The maximum atomic E-state index is 13.1. The standard InChI is InChI=1S/C67H125NO8/c1-3-5-7-9-11-13-15-17-19-21-22-23-24-25-26-27-28-29-30-31-32-33-34-35-36-37-38-39-40-41-43-45-47-49-51-53-55-57-63(71)68-60(59-75-67-66(74)65(73)64(72)62(58-69)76-67)61(70)56-54-52-50-48-46-44-42-20-18-16-14-12-10-8-6-4-2/h26-27,29-30,46,48,54,56,60-62,64-67,69-70,72-74H,3-25,28,31-45,47,49-53,55,57-59H2,1-2H3,(H,68,71)/b27-26-,30-29-,48-46+,56-54+. The molecule has 1 aliphatic rings. The zero-order valence-electron chi connectivity index (χ0n) is 49.8. The van der Waals surface area contributed by atoms with Crippen molar-refractivity contribution in [2.45, 2.75) is 358 Å². The van der Waals surface area contributed by atoms with Crippen molar-refractivity contribution < 1.29 is 39.8 Å². The molecule has 1 rings (SSSR count). The van der Waals surface area contributed by atoms with Gasteiger partial charge in [0.15, 0.2) is 6.29 Å². The average Bonchev–Trinajstić information content (AvgIpc) is 3.42. The molecular formula is C67H125NO8. The van der Waals surface area contributed by atoms with Crippen LogP contribution in [0.5, 0.6) is 0 Å². The van der Waals surface area contributed by atoms with E-state index in [0.29, 0.717) is 6.42 Å². The van der Waals surface area contributed by atoms with Crippen molar-refractivity contribution in [1.29, 1.82) is 0 Å². The Kier molecular flexibility index (Phi) is 53.6. The number of unbranched alkanes of at least 4 members (excludes halogenated alkanes) is 41. The van der Waals surface area contributed by atoms with Gasteiger partial charge in [0.05, 0.1) is 25.4 Å². The molecule has 7 atom stereocenters. The third kappa shape index (κ3) is 44.9. The summed E-state index contributed by atoms with van der Waals surface area (Å²) >= 11 is 0. The van der Waals surface area contributed by atoms with Gasteiger partial charge in [-0.1, -0.05) is 294 Å². The van der Waals surface area contributed by atoms with Crippen molar-refractivity contribution in [3.63, 3.8) is 0 Å². The van der Waals surface area contributed by atoms with Gasteiger partial charge in [-0.3, -0.25) is 4.79 Å². The quantitative estimate of drug-likeness (QED) is 0.0261. The second-order valence-electron chi connectivity index (χ2n) is 22.9. The molecule has 1 saturated heterocycles. The average molecular weight is 1070 g/mol. The number of aliphatic hydroxyl groups is 5. The molecule has 0 aromatic rings. The molecule has 1 fully saturated rings. The molecule has 0 aliphatic carbocycles. The highest BCUT2D eigenvalue weighted by Gasteiger charge is 2.44. The predicted octanol–water partition coefficient (Wildman–Crippen LogP) is 17.2. The number of nitrogens with one attached hydrogen (secondary N) is 1. The minimum Gasteiger partial charge on any atom is -0.394 e. The van der Waals surface area contributed by atoms with Gasteiger partial charge in [0, 0.05) is 6.42 Å². The van der Waals surface area contributed by atoms with E-state index >= 15 is 0 Å². The summed E-state index contributed by atoms with van der Waals surface area (Å²) in [5.41, 5.74) is 0. The number of allylic oxidation sites excluding steroid dienone is 7. The molecule has 0 saturated carbocycles. The molecule has 9 heteroatoms. The van der Waals surface area contributed by atoms with Crippen LogP contribution in [0.15, 0.2) is 48.6 Å². The molecule has 0 bridgehead atoms. The predicted molar refractivity (Wildman–Crippen MR) is 323 cm³/mol. The fourth-order valence-corrected chi connectivity index (χ4v) is 10.4. The molecule has 1 amide bonds. The molecule has 9 nitrogen and oxygen atoms in total. The number of hydrogen-bond acceptors (Lipinski definition) is 8. The zero-order valence-corrected chi connectivity index (χ0v) is 49.8. The van der Waals surface area contributed by atoms with E-state index < -0.39 is 49.5 Å². The van der Waals surface area contributed by atoms with E-state index in [0.717, 1.165) is 44.9 Å². The van der Waals surface area contributed by atoms with Crippen LogP contribution in [0.1, 0.15) is 316 Å². The molecule has 0 aromatic carbocycles. The SMILES string of the molecule is CCCCCCCCCCCC/C=C/CC/C=C/C(O)C(COC1OC(CO)C(O)C(O)C1O)NC(=O)CCCCCCCCCCCCCCCCCCC/C=C\C/C=C\CCCCCCCCCCCCCCC. The summed E-state index contributed by atoms with van der Waals surface area (Å²) in [6, 6.07) is -0.822. The Morgan fingerprint density at radius 1 is 0.447 bits per heavy atom. The van der Waals surface area contributed by atoms with Crippen molar-refractivity contribution in [1.82, 2.24) is 5.32 Å². The topological polar surface area (TPSA) is 149 Å². The summed E-state index contributed by atoms with van der Waals surface area (Å²) in [6.07, 6.45) is 69.4. The lowest BCUT2D eigenvalue weighted by molar-refractivity contribution is -0.302. The van der Waals surface area contributed by atoms with E-state index in [4.69, 9.17) is 9.47 Å². The maximum absolute atomic E-state index is 13.1. The molecule has 76 heavy (non-hydrogen) atoms. The van der Waals surface area contributed by atoms with Crippen LogP contribution >= 0.6 is 0 Å². The van der Waals surface area contributed by atoms with Gasteiger partial charge < -0.3 is 40.3 Å². The molecule has 7 unspecified atom stereocenters. The number of carbonyl (C=O) groups excluding carboxylic acids is 1. The second kappa shape index (κ2) is 56.4. The zero-order chi connectivity index (χ0) is 55.0. The van der Waals surface area contributed by atoms with Crippen LogP contribution in [0.25, 0.3) is 0 Å². The summed E-state index contributed by atoms with van der Waals surface area (Å²) in [4.78, 5) is 13.1. The van der Waals surface area contributed by atoms with E-state index in [1.165, 1.54) is 250 Å². The minimum atomic E-state index is -1.57. The van der Waals surface area contributed by atoms with E-state index in [9.17, 15) is 30.3 Å². The van der Waals surface area contributed by atoms with Crippen LogP contribution < -0.4 is 5.32 Å². The lowest BCUT2D eigenvalue weighted by Gasteiger charge is -2.40. The summed E-state index contributed by atoms with van der Waals surface area (Å²) < 4.78 is 11.3. The third-order valence-electron chi connectivity index (χ3n) is 15.6. The van der Waals surface area contributed by atoms with Crippen LogP contribution in [-0.2, 0) is 14.3 Å². The third-order valence-corrected chi connectivity index (χ3v) is 15.6. The number of hydrogen-bond donors (Lipinski definition) is 6. The lowest BCUT2D eigenvalue weighted by atomic mass is 9.99. The van der Waals surface area contributed by atoms with Crippen molar-refractivity contribution in [3.8, 4) is 0 Å². The minimum absolute atomic E-state index is 0.183. The lowest BCUT2D eigenvalue weighted by Crippen LogP contribution is -2.60. The van der Waals surface area contributed by atoms with Crippen LogP contribution in [0.2, 0.25) is 0 Å². The molecule has 6 N–H and O–H groups in total. The Labute approximate surface area is 469 Å². The maximum Gasteiger partial charge on any atom is 0.220 e. The van der Waals surface area contributed by atoms with Gasteiger partial charge in [0.2, 0.25) is 5.91 Å². The summed E-state index contributed by atoms with van der Waals surface area (Å²) in [6.45, 7) is 3.79. The Morgan fingerprint density at radius 3 is 1.18 bits per heavy atom. The van der Waals surface area contributed by atoms with Gasteiger partial charge in [-0.05, 0) is 64.2 Å². The Hall–Kier alpha value is -1.85. The highest BCUT2D eigenvalue weighted by atomic mass is 16.7. The summed E-state index contributed by atoms with van der Waals surface area (Å²) in [7, 11) is 0. The van der Waals surface area contributed by atoms with Gasteiger partial charge in [-0.15, -0.1) is 0 Å². The first-order chi connectivity index (χ1) is 37.3. The number of amides is 1.